The summed E-state index contributed by atoms with van der Waals surface area (Å²) in [6.07, 6.45) is 0.676. The SMILES string of the molecule is CCc1cc(C(=O)NC(C)CC(O)c2ccccc2)n[nH]1. The van der Waals surface area contributed by atoms with Gasteiger partial charge < -0.3 is 10.4 Å². The van der Waals surface area contributed by atoms with Gasteiger partial charge in [0.2, 0.25) is 0 Å². The third-order valence-electron chi connectivity index (χ3n) is 3.38. The van der Waals surface area contributed by atoms with Crippen molar-refractivity contribution in [3.63, 3.8) is 0 Å². The van der Waals surface area contributed by atoms with Crippen LogP contribution in [0, 0.1) is 0 Å². The molecule has 0 bridgehead atoms. The summed E-state index contributed by atoms with van der Waals surface area (Å²) in [6, 6.07) is 11.0. The monoisotopic (exact) mass is 287 g/mol. The highest BCUT2D eigenvalue weighted by molar-refractivity contribution is 5.92. The standard InChI is InChI=1S/C16H21N3O2/c1-3-13-10-14(19-18-13)16(21)17-11(2)9-15(20)12-7-5-4-6-8-12/h4-8,10-11,15,20H,3,9H2,1-2H3,(H,17,21)(H,18,19). The zero-order chi connectivity index (χ0) is 15.2. The summed E-state index contributed by atoms with van der Waals surface area (Å²) in [7, 11) is 0. The molecule has 2 atom stereocenters. The maximum Gasteiger partial charge on any atom is 0.271 e. The second kappa shape index (κ2) is 7.04. The first-order valence-corrected chi connectivity index (χ1v) is 7.18. The molecule has 2 aromatic rings. The molecule has 21 heavy (non-hydrogen) atoms. The number of aliphatic hydroxyl groups excluding tert-OH is 1. The van der Waals surface area contributed by atoms with E-state index in [4.69, 9.17) is 0 Å². The Kier molecular flexibility index (Phi) is 5.11. The number of hydrogen-bond acceptors (Lipinski definition) is 3. The van der Waals surface area contributed by atoms with Gasteiger partial charge in [-0.2, -0.15) is 5.10 Å². The molecule has 0 fully saturated rings. The minimum absolute atomic E-state index is 0.144. The van der Waals surface area contributed by atoms with Crippen LogP contribution in [0.4, 0.5) is 0 Å². The Hall–Kier alpha value is -2.14. The number of hydrogen-bond donors (Lipinski definition) is 3. The highest BCUT2D eigenvalue weighted by atomic mass is 16.3. The fourth-order valence-corrected chi connectivity index (χ4v) is 2.16. The van der Waals surface area contributed by atoms with Crippen LogP contribution < -0.4 is 5.32 Å². The lowest BCUT2D eigenvalue weighted by Gasteiger charge is -2.17. The molecule has 0 aliphatic heterocycles. The molecular formula is C16H21N3O2. The van der Waals surface area contributed by atoms with Crippen LogP contribution in [0.25, 0.3) is 0 Å². The number of aromatic nitrogens is 2. The van der Waals surface area contributed by atoms with Crippen molar-refractivity contribution in [1.82, 2.24) is 15.5 Å². The number of benzene rings is 1. The average molecular weight is 287 g/mol. The second-order valence-electron chi connectivity index (χ2n) is 5.17. The van der Waals surface area contributed by atoms with E-state index in [9.17, 15) is 9.90 Å². The van der Waals surface area contributed by atoms with Crippen molar-refractivity contribution in [2.75, 3.05) is 0 Å². The van der Waals surface area contributed by atoms with Gasteiger partial charge in [-0.25, -0.2) is 0 Å². The number of rotatable bonds is 6. The molecule has 0 spiro atoms. The van der Waals surface area contributed by atoms with E-state index >= 15 is 0 Å². The van der Waals surface area contributed by atoms with E-state index in [0.29, 0.717) is 12.1 Å². The van der Waals surface area contributed by atoms with Crippen LogP contribution in [0.5, 0.6) is 0 Å². The number of carbonyl (C=O) groups is 1. The number of carbonyl (C=O) groups excluding carboxylic acids is 1. The van der Waals surface area contributed by atoms with Crippen LogP contribution in [-0.2, 0) is 6.42 Å². The lowest BCUT2D eigenvalue weighted by molar-refractivity contribution is 0.0912. The maximum absolute atomic E-state index is 12.0. The van der Waals surface area contributed by atoms with Crippen LogP contribution in [0.3, 0.4) is 0 Å². The molecular weight excluding hydrogens is 266 g/mol. The van der Waals surface area contributed by atoms with Gasteiger partial charge in [-0.1, -0.05) is 37.3 Å². The van der Waals surface area contributed by atoms with Gasteiger partial charge >= 0.3 is 0 Å². The molecule has 112 valence electrons. The summed E-state index contributed by atoms with van der Waals surface area (Å²) in [6.45, 7) is 3.87. The van der Waals surface area contributed by atoms with Crippen LogP contribution in [0.2, 0.25) is 0 Å². The summed E-state index contributed by atoms with van der Waals surface area (Å²) < 4.78 is 0. The van der Waals surface area contributed by atoms with Crippen LogP contribution in [0.15, 0.2) is 36.4 Å². The van der Waals surface area contributed by atoms with E-state index < -0.39 is 6.10 Å². The Labute approximate surface area is 124 Å². The van der Waals surface area contributed by atoms with E-state index in [1.807, 2.05) is 44.2 Å². The van der Waals surface area contributed by atoms with Crippen LogP contribution in [-0.4, -0.2) is 27.3 Å². The lowest BCUT2D eigenvalue weighted by Crippen LogP contribution is -2.34. The van der Waals surface area contributed by atoms with Crippen molar-refractivity contribution in [3.05, 3.63) is 53.3 Å². The predicted octanol–water partition coefficient (Wildman–Crippen LogP) is 2.21. The third-order valence-corrected chi connectivity index (χ3v) is 3.38. The molecule has 0 aliphatic carbocycles. The summed E-state index contributed by atoms with van der Waals surface area (Å²) in [5, 5.41) is 19.8. The fraction of sp³-hybridized carbons (Fsp3) is 0.375. The van der Waals surface area contributed by atoms with Crippen molar-refractivity contribution in [1.29, 1.82) is 0 Å². The van der Waals surface area contributed by atoms with Gasteiger partial charge in [-0.05, 0) is 31.4 Å². The maximum atomic E-state index is 12.0. The van der Waals surface area contributed by atoms with Crippen molar-refractivity contribution in [2.24, 2.45) is 0 Å². The number of nitrogens with zero attached hydrogens (tertiary/aromatic N) is 1. The minimum Gasteiger partial charge on any atom is -0.388 e. The average Bonchev–Trinajstić information content (AvgIpc) is 2.97. The number of amides is 1. The van der Waals surface area contributed by atoms with E-state index in [-0.39, 0.29) is 11.9 Å². The Balaban J connectivity index is 1.89. The summed E-state index contributed by atoms with van der Waals surface area (Å²) >= 11 is 0. The predicted molar refractivity (Wildman–Crippen MR) is 80.9 cm³/mol. The molecule has 1 amide bonds. The smallest absolute Gasteiger partial charge is 0.271 e. The third kappa shape index (κ3) is 4.16. The van der Waals surface area contributed by atoms with Gasteiger partial charge in [-0.15, -0.1) is 0 Å². The van der Waals surface area contributed by atoms with Gasteiger partial charge in [0.05, 0.1) is 6.10 Å². The highest BCUT2D eigenvalue weighted by Gasteiger charge is 2.16. The number of H-pyrrole nitrogens is 1. The highest BCUT2D eigenvalue weighted by Crippen LogP contribution is 2.17. The zero-order valence-corrected chi connectivity index (χ0v) is 12.3. The molecule has 0 radical (unpaired) electrons. The van der Waals surface area contributed by atoms with Crippen molar-refractivity contribution in [3.8, 4) is 0 Å². The number of aliphatic hydroxyl groups is 1. The summed E-state index contributed by atoms with van der Waals surface area (Å²) in [4.78, 5) is 12.0. The second-order valence-corrected chi connectivity index (χ2v) is 5.17. The van der Waals surface area contributed by atoms with E-state index in [2.05, 4.69) is 15.5 Å². The fourth-order valence-electron chi connectivity index (χ4n) is 2.16. The van der Waals surface area contributed by atoms with Gasteiger partial charge in [0, 0.05) is 11.7 Å². The molecule has 5 nitrogen and oxygen atoms in total. The summed E-state index contributed by atoms with van der Waals surface area (Å²) in [5.74, 6) is -0.223. The topological polar surface area (TPSA) is 78.0 Å². The first-order valence-electron chi connectivity index (χ1n) is 7.18. The molecule has 2 unspecified atom stereocenters. The lowest BCUT2D eigenvalue weighted by atomic mass is 10.0. The van der Waals surface area contributed by atoms with Crippen molar-refractivity contribution in [2.45, 2.75) is 38.8 Å². The molecule has 1 aromatic carbocycles. The molecule has 3 N–H and O–H groups in total. The molecule has 1 heterocycles. The molecule has 2 rings (SSSR count). The van der Waals surface area contributed by atoms with E-state index in [1.165, 1.54) is 0 Å². The Bertz CT molecular complexity index is 580. The van der Waals surface area contributed by atoms with Gasteiger partial charge in [0.15, 0.2) is 0 Å². The molecule has 5 heteroatoms. The normalized spacial score (nSPS) is 13.7. The van der Waals surface area contributed by atoms with Crippen LogP contribution in [0.1, 0.15) is 48.1 Å². The van der Waals surface area contributed by atoms with Gasteiger partial charge in [0.1, 0.15) is 5.69 Å². The Morgan fingerprint density at radius 2 is 2.10 bits per heavy atom. The quantitative estimate of drug-likeness (QED) is 0.762. The van der Waals surface area contributed by atoms with Crippen molar-refractivity contribution >= 4 is 5.91 Å². The Morgan fingerprint density at radius 1 is 1.38 bits per heavy atom. The van der Waals surface area contributed by atoms with Gasteiger partial charge in [-0.3, -0.25) is 9.89 Å². The first kappa shape index (κ1) is 15.3. The molecule has 0 saturated heterocycles. The Morgan fingerprint density at radius 3 is 2.71 bits per heavy atom. The first-order chi connectivity index (χ1) is 10.1. The van der Waals surface area contributed by atoms with E-state index in [0.717, 1.165) is 17.7 Å². The van der Waals surface area contributed by atoms with Crippen LogP contribution >= 0.6 is 0 Å². The zero-order valence-electron chi connectivity index (χ0n) is 12.3. The largest absolute Gasteiger partial charge is 0.388 e. The van der Waals surface area contributed by atoms with Gasteiger partial charge in [0.25, 0.3) is 5.91 Å². The molecule has 0 aliphatic rings. The number of nitrogens with one attached hydrogen (secondary N) is 2. The molecule has 1 aromatic heterocycles. The number of aromatic amines is 1. The molecule has 0 saturated carbocycles. The minimum atomic E-state index is -0.591. The number of aryl methyl sites for hydroxylation is 1. The van der Waals surface area contributed by atoms with E-state index in [1.54, 1.807) is 6.07 Å². The summed E-state index contributed by atoms with van der Waals surface area (Å²) in [5.41, 5.74) is 2.16. The van der Waals surface area contributed by atoms with Crippen molar-refractivity contribution < 1.29 is 9.90 Å².